The van der Waals surface area contributed by atoms with Gasteiger partial charge in [0.05, 0.1) is 24.3 Å². The van der Waals surface area contributed by atoms with Gasteiger partial charge >= 0.3 is 5.97 Å². The zero-order valence-electron chi connectivity index (χ0n) is 11.6. The first-order valence-corrected chi connectivity index (χ1v) is 6.59. The molecule has 0 radical (unpaired) electrons. The fraction of sp³-hybridized carbons (Fsp3) is 0.429. The topological polar surface area (TPSA) is 108 Å². The van der Waals surface area contributed by atoms with Gasteiger partial charge in [0.2, 0.25) is 0 Å². The average molecular weight is 294 g/mol. The zero-order valence-corrected chi connectivity index (χ0v) is 11.6. The largest absolute Gasteiger partial charge is 0.481 e. The van der Waals surface area contributed by atoms with Gasteiger partial charge in [0, 0.05) is 6.54 Å². The van der Waals surface area contributed by atoms with Crippen LogP contribution in [0.1, 0.15) is 13.3 Å². The molecule has 2 rings (SSSR count). The number of carbonyl (C=O) groups is 2. The second-order valence-corrected chi connectivity index (χ2v) is 5.27. The van der Waals surface area contributed by atoms with Gasteiger partial charge in [0.1, 0.15) is 5.75 Å². The second kappa shape index (κ2) is 6.01. The molecule has 7 heteroatoms. The first kappa shape index (κ1) is 15.1. The number of aliphatic hydroxyl groups is 1. The van der Waals surface area contributed by atoms with E-state index in [0.717, 1.165) is 5.69 Å². The van der Waals surface area contributed by atoms with E-state index in [1.807, 2.05) is 12.1 Å². The third kappa shape index (κ3) is 4.09. The maximum Gasteiger partial charge on any atom is 0.306 e. The summed E-state index contributed by atoms with van der Waals surface area (Å²) in [6.45, 7) is 1.51. The summed E-state index contributed by atoms with van der Waals surface area (Å²) in [7, 11) is 0. The summed E-state index contributed by atoms with van der Waals surface area (Å²) in [6.07, 6.45) is -1.17. The quantitative estimate of drug-likeness (QED) is 0.618. The van der Waals surface area contributed by atoms with Gasteiger partial charge in [-0.05, 0) is 19.1 Å². The molecule has 7 nitrogen and oxygen atoms in total. The number of para-hydroxylation sites is 2. The van der Waals surface area contributed by atoms with E-state index in [-0.39, 0.29) is 6.54 Å². The molecule has 114 valence electrons. The molecule has 1 aliphatic rings. The fourth-order valence-electron chi connectivity index (χ4n) is 2.04. The summed E-state index contributed by atoms with van der Waals surface area (Å²) >= 11 is 0. The van der Waals surface area contributed by atoms with E-state index in [1.54, 1.807) is 12.1 Å². The SMILES string of the molecule is CC(O)(CNC(=O)C1CNc2ccccc2O1)CC(=O)O. The number of carboxylic acid groups (broad SMARTS) is 1. The third-order valence-corrected chi connectivity index (χ3v) is 3.10. The minimum absolute atomic E-state index is 0.153. The molecule has 1 heterocycles. The van der Waals surface area contributed by atoms with Crippen molar-refractivity contribution < 1.29 is 24.5 Å². The molecule has 0 spiro atoms. The van der Waals surface area contributed by atoms with Gasteiger partial charge in [-0.25, -0.2) is 0 Å². The molecule has 1 aromatic carbocycles. The Kier molecular flexibility index (Phi) is 4.32. The highest BCUT2D eigenvalue weighted by molar-refractivity contribution is 5.83. The summed E-state index contributed by atoms with van der Waals surface area (Å²) in [4.78, 5) is 22.6. The van der Waals surface area contributed by atoms with Crippen LogP contribution in [0.25, 0.3) is 0 Å². The highest BCUT2D eigenvalue weighted by Crippen LogP contribution is 2.28. The normalized spacial score (nSPS) is 19.4. The Labute approximate surface area is 121 Å². The molecule has 4 N–H and O–H groups in total. The lowest BCUT2D eigenvalue weighted by Gasteiger charge is -2.28. The molecule has 1 aliphatic heterocycles. The van der Waals surface area contributed by atoms with Gasteiger partial charge in [-0.1, -0.05) is 12.1 Å². The number of amides is 1. The van der Waals surface area contributed by atoms with Crippen molar-refractivity contribution >= 4 is 17.6 Å². The van der Waals surface area contributed by atoms with Gasteiger partial charge in [0.15, 0.2) is 6.10 Å². The van der Waals surface area contributed by atoms with Gasteiger partial charge < -0.3 is 25.6 Å². The van der Waals surface area contributed by atoms with Crippen molar-refractivity contribution in [2.45, 2.75) is 25.0 Å². The standard InChI is InChI=1S/C14H18N2O5/c1-14(20,6-12(17)18)8-16-13(19)11-7-15-9-4-2-3-5-10(9)21-11/h2-5,11,15,20H,6-8H2,1H3,(H,16,19)(H,17,18). The Balaban J connectivity index is 1.89. The Hall–Kier alpha value is -2.28. The van der Waals surface area contributed by atoms with E-state index in [0.29, 0.717) is 12.3 Å². The molecule has 0 aliphatic carbocycles. The van der Waals surface area contributed by atoms with Crippen LogP contribution in [0.15, 0.2) is 24.3 Å². The zero-order chi connectivity index (χ0) is 15.5. The third-order valence-electron chi connectivity index (χ3n) is 3.10. The number of carbonyl (C=O) groups excluding carboxylic acids is 1. The predicted octanol–water partition coefficient (Wildman–Crippen LogP) is 0.201. The summed E-state index contributed by atoms with van der Waals surface area (Å²) in [5.74, 6) is -0.942. The number of hydrogen-bond donors (Lipinski definition) is 4. The first-order valence-electron chi connectivity index (χ1n) is 6.59. The lowest BCUT2D eigenvalue weighted by molar-refractivity contribution is -0.142. The molecule has 1 amide bonds. The summed E-state index contributed by atoms with van der Waals surface area (Å²) < 4.78 is 5.57. The molecule has 0 saturated heterocycles. The molecule has 0 bridgehead atoms. The summed E-state index contributed by atoms with van der Waals surface area (Å²) in [5.41, 5.74) is -0.680. The van der Waals surface area contributed by atoms with Gasteiger partial charge in [0.25, 0.3) is 5.91 Å². The van der Waals surface area contributed by atoms with Crippen LogP contribution in [0.2, 0.25) is 0 Å². The lowest BCUT2D eigenvalue weighted by atomic mass is 10.0. The van der Waals surface area contributed by atoms with Crippen molar-refractivity contribution in [1.29, 1.82) is 0 Å². The molecular weight excluding hydrogens is 276 g/mol. The molecule has 2 unspecified atom stereocenters. The van der Waals surface area contributed by atoms with E-state index in [9.17, 15) is 14.7 Å². The number of ether oxygens (including phenoxy) is 1. The van der Waals surface area contributed by atoms with E-state index in [1.165, 1.54) is 6.92 Å². The van der Waals surface area contributed by atoms with E-state index >= 15 is 0 Å². The van der Waals surface area contributed by atoms with Crippen LogP contribution >= 0.6 is 0 Å². The maximum absolute atomic E-state index is 12.0. The maximum atomic E-state index is 12.0. The average Bonchev–Trinajstić information content (AvgIpc) is 2.43. The van der Waals surface area contributed by atoms with E-state index < -0.39 is 30.0 Å². The van der Waals surface area contributed by atoms with Crippen molar-refractivity contribution in [3.8, 4) is 5.75 Å². The van der Waals surface area contributed by atoms with Crippen molar-refractivity contribution in [3.63, 3.8) is 0 Å². The van der Waals surface area contributed by atoms with Crippen LogP contribution in [0.3, 0.4) is 0 Å². The Morgan fingerprint density at radius 3 is 2.90 bits per heavy atom. The number of anilines is 1. The fourth-order valence-corrected chi connectivity index (χ4v) is 2.04. The van der Waals surface area contributed by atoms with E-state index in [4.69, 9.17) is 9.84 Å². The highest BCUT2D eigenvalue weighted by atomic mass is 16.5. The van der Waals surface area contributed by atoms with Crippen molar-refractivity contribution in [3.05, 3.63) is 24.3 Å². The van der Waals surface area contributed by atoms with Crippen LogP contribution in [0.5, 0.6) is 5.75 Å². The second-order valence-electron chi connectivity index (χ2n) is 5.27. The van der Waals surface area contributed by atoms with Crippen LogP contribution in [0, 0.1) is 0 Å². The summed E-state index contributed by atoms with van der Waals surface area (Å²) in [5, 5.41) is 24.1. The molecule has 21 heavy (non-hydrogen) atoms. The molecule has 1 aromatic rings. The van der Waals surface area contributed by atoms with E-state index in [2.05, 4.69) is 10.6 Å². The smallest absolute Gasteiger partial charge is 0.306 e. The Bertz CT molecular complexity index is 544. The van der Waals surface area contributed by atoms with Crippen molar-refractivity contribution in [2.75, 3.05) is 18.4 Å². The predicted molar refractivity (Wildman–Crippen MR) is 75.2 cm³/mol. The number of nitrogens with one attached hydrogen (secondary N) is 2. The van der Waals surface area contributed by atoms with Crippen LogP contribution in [0.4, 0.5) is 5.69 Å². The molecule has 0 fully saturated rings. The molecular formula is C14H18N2O5. The molecule has 0 saturated carbocycles. The van der Waals surface area contributed by atoms with Gasteiger partial charge in [-0.3, -0.25) is 9.59 Å². The Morgan fingerprint density at radius 1 is 1.48 bits per heavy atom. The van der Waals surface area contributed by atoms with Crippen LogP contribution in [-0.2, 0) is 9.59 Å². The number of hydrogen-bond acceptors (Lipinski definition) is 5. The Morgan fingerprint density at radius 2 is 2.19 bits per heavy atom. The van der Waals surface area contributed by atoms with Gasteiger partial charge in [-0.2, -0.15) is 0 Å². The van der Waals surface area contributed by atoms with Crippen LogP contribution < -0.4 is 15.4 Å². The number of rotatable bonds is 5. The van der Waals surface area contributed by atoms with Gasteiger partial charge in [-0.15, -0.1) is 0 Å². The number of benzene rings is 1. The van der Waals surface area contributed by atoms with Crippen molar-refractivity contribution in [2.24, 2.45) is 0 Å². The molecule has 2 atom stereocenters. The lowest BCUT2D eigenvalue weighted by Crippen LogP contribution is -2.49. The molecule has 0 aromatic heterocycles. The minimum atomic E-state index is -1.50. The summed E-state index contributed by atoms with van der Waals surface area (Å²) in [6, 6.07) is 7.26. The minimum Gasteiger partial charge on any atom is -0.481 e. The number of carboxylic acids is 1. The highest BCUT2D eigenvalue weighted by Gasteiger charge is 2.29. The van der Waals surface area contributed by atoms with Crippen LogP contribution in [-0.4, -0.2) is 46.9 Å². The van der Waals surface area contributed by atoms with Crippen molar-refractivity contribution in [1.82, 2.24) is 5.32 Å². The monoisotopic (exact) mass is 294 g/mol. The number of aliphatic carboxylic acids is 1. The number of fused-ring (bicyclic) bond motifs is 1. The first-order chi connectivity index (χ1) is 9.87.